The van der Waals surface area contributed by atoms with E-state index in [9.17, 15) is 4.79 Å². The third kappa shape index (κ3) is 2.33. The molecule has 2 heteroatoms. The van der Waals surface area contributed by atoms with Crippen molar-refractivity contribution in [3.8, 4) is 11.1 Å². The summed E-state index contributed by atoms with van der Waals surface area (Å²) in [4.78, 5) is 11.1. The van der Waals surface area contributed by atoms with Gasteiger partial charge in [-0.3, -0.25) is 0 Å². The van der Waals surface area contributed by atoms with Crippen molar-refractivity contribution in [2.45, 2.75) is 0 Å². The van der Waals surface area contributed by atoms with Gasteiger partial charge in [0.1, 0.15) is 0 Å². The quantitative estimate of drug-likeness (QED) is 0.635. The SMILES string of the molecule is C=Cc1ccccc1C(=O)OC.c1cc2ccc1-2. The van der Waals surface area contributed by atoms with E-state index in [4.69, 9.17) is 0 Å². The van der Waals surface area contributed by atoms with Crippen molar-refractivity contribution >= 4 is 12.0 Å². The van der Waals surface area contributed by atoms with E-state index >= 15 is 0 Å². The first-order valence-corrected chi connectivity index (χ1v) is 5.66. The van der Waals surface area contributed by atoms with Crippen LogP contribution in [-0.2, 0) is 4.74 Å². The highest BCUT2D eigenvalue weighted by atomic mass is 16.5. The Morgan fingerprint density at radius 2 is 1.61 bits per heavy atom. The van der Waals surface area contributed by atoms with Gasteiger partial charge in [-0.25, -0.2) is 4.79 Å². The first-order valence-electron chi connectivity index (χ1n) is 5.66. The van der Waals surface area contributed by atoms with E-state index in [1.165, 1.54) is 18.2 Å². The van der Waals surface area contributed by atoms with Crippen LogP contribution in [0.4, 0.5) is 0 Å². The van der Waals surface area contributed by atoms with Crippen molar-refractivity contribution in [3.63, 3.8) is 0 Å². The number of rotatable bonds is 2. The standard InChI is InChI=1S/C10H10O2.C6H4/c1-3-8-6-4-5-7-9(8)10(11)12-2;1-2-6-4-3-5(1)6/h3-7H,1H2,2H3;1-4H. The lowest BCUT2D eigenvalue weighted by atomic mass is 9.95. The number of benzene rings is 2. The number of methoxy groups -OCH3 is 1. The van der Waals surface area contributed by atoms with Gasteiger partial charge in [0.15, 0.2) is 0 Å². The van der Waals surface area contributed by atoms with Crippen LogP contribution < -0.4 is 0 Å². The van der Waals surface area contributed by atoms with E-state index in [0.29, 0.717) is 5.56 Å². The van der Waals surface area contributed by atoms with Crippen LogP contribution in [0.25, 0.3) is 17.2 Å². The van der Waals surface area contributed by atoms with Gasteiger partial charge in [0.05, 0.1) is 12.7 Å². The molecule has 1 aromatic carbocycles. The number of ether oxygens (including phenoxy) is 1. The van der Waals surface area contributed by atoms with Crippen LogP contribution in [0.5, 0.6) is 0 Å². The molecule has 0 spiro atoms. The van der Waals surface area contributed by atoms with Gasteiger partial charge in [-0.05, 0) is 22.8 Å². The van der Waals surface area contributed by atoms with Gasteiger partial charge >= 0.3 is 5.97 Å². The topological polar surface area (TPSA) is 26.3 Å². The van der Waals surface area contributed by atoms with Gasteiger partial charge in [0, 0.05) is 0 Å². The Kier molecular flexibility index (Phi) is 3.58. The maximum Gasteiger partial charge on any atom is 0.338 e. The lowest BCUT2D eigenvalue weighted by Crippen LogP contribution is -2.02. The molecular weight excluding hydrogens is 224 g/mol. The average Bonchev–Trinajstić information content (AvgIpc) is 2.42. The highest BCUT2D eigenvalue weighted by Gasteiger charge is 2.07. The van der Waals surface area contributed by atoms with Crippen molar-refractivity contribution in [2.75, 3.05) is 7.11 Å². The Balaban J connectivity index is 0.000000164. The number of hydrogen-bond acceptors (Lipinski definition) is 2. The molecule has 0 amide bonds. The van der Waals surface area contributed by atoms with Gasteiger partial charge in [0.2, 0.25) is 0 Å². The Labute approximate surface area is 107 Å². The van der Waals surface area contributed by atoms with Crippen molar-refractivity contribution in [1.82, 2.24) is 0 Å². The maximum atomic E-state index is 11.1. The molecule has 2 aliphatic carbocycles. The van der Waals surface area contributed by atoms with Crippen LogP contribution in [0.3, 0.4) is 0 Å². The summed E-state index contributed by atoms with van der Waals surface area (Å²) in [5, 5.41) is 0. The van der Waals surface area contributed by atoms with E-state index in [2.05, 4.69) is 35.6 Å². The second-order valence-corrected chi connectivity index (χ2v) is 3.86. The molecule has 0 fully saturated rings. The molecule has 0 radical (unpaired) electrons. The molecule has 0 N–H and O–H groups in total. The van der Waals surface area contributed by atoms with Gasteiger partial charge in [-0.1, -0.05) is 55.1 Å². The third-order valence-corrected chi connectivity index (χ3v) is 2.80. The van der Waals surface area contributed by atoms with Gasteiger partial charge in [-0.2, -0.15) is 0 Å². The van der Waals surface area contributed by atoms with E-state index < -0.39 is 0 Å². The number of fused-ring (bicyclic) bond motifs is 1. The van der Waals surface area contributed by atoms with E-state index in [-0.39, 0.29) is 5.97 Å². The van der Waals surface area contributed by atoms with Crippen molar-refractivity contribution < 1.29 is 9.53 Å². The van der Waals surface area contributed by atoms with Crippen LogP contribution in [0, 0.1) is 0 Å². The number of hydrogen-bond donors (Lipinski definition) is 0. The van der Waals surface area contributed by atoms with Crippen LogP contribution in [-0.4, -0.2) is 13.1 Å². The van der Waals surface area contributed by atoms with Crippen LogP contribution in [0.2, 0.25) is 0 Å². The van der Waals surface area contributed by atoms with E-state index in [1.807, 2.05) is 12.1 Å². The lowest BCUT2D eigenvalue weighted by Gasteiger charge is -2.10. The molecule has 0 aromatic heterocycles. The molecule has 0 bridgehead atoms. The Morgan fingerprint density at radius 3 is 2.00 bits per heavy atom. The summed E-state index contributed by atoms with van der Waals surface area (Å²) in [5.74, 6) is -0.328. The minimum absolute atomic E-state index is 0.328. The summed E-state index contributed by atoms with van der Waals surface area (Å²) < 4.78 is 4.59. The molecule has 0 unspecified atom stereocenters. The minimum atomic E-state index is -0.328. The minimum Gasteiger partial charge on any atom is -0.465 e. The summed E-state index contributed by atoms with van der Waals surface area (Å²) in [6.07, 6.45) is 1.63. The molecular formula is C16H14O2. The molecule has 2 nitrogen and oxygen atoms in total. The van der Waals surface area contributed by atoms with Gasteiger partial charge in [-0.15, -0.1) is 0 Å². The largest absolute Gasteiger partial charge is 0.465 e. The highest BCUT2D eigenvalue weighted by Crippen LogP contribution is 2.29. The fraction of sp³-hybridized carbons (Fsp3) is 0.0625. The Morgan fingerprint density at radius 1 is 1.06 bits per heavy atom. The second kappa shape index (κ2) is 5.32. The van der Waals surface area contributed by atoms with Crippen LogP contribution in [0.1, 0.15) is 15.9 Å². The Hall–Kier alpha value is -2.35. The normalized spacial score (nSPS) is 9.83. The summed E-state index contributed by atoms with van der Waals surface area (Å²) in [7, 11) is 1.36. The molecule has 0 aliphatic heterocycles. The molecule has 1 aromatic rings. The molecule has 0 saturated carbocycles. The van der Waals surface area contributed by atoms with E-state index in [1.54, 1.807) is 18.2 Å². The predicted molar refractivity (Wildman–Crippen MR) is 73.3 cm³/mol. The number of carbonyl (C=O) groups excluding carboxylic acids is 1. The molecule has 90 valence electrons. The summed E-state index contributed by atoms with van der Waals surface area (Å²) >= 11 is 0. The second-order valence-electron chi connectivity index (χ2n) is 3.86. The van der Waals surface area contributed by atoms with E-state index in [0.717, 1.165) is 5.56 Å². The number of carbonyl (C=O) groups is 1. The zero-order valence-corrected chi connectivity index (χ0v) is 10.2. The molecule has 2 aliphatic rings. The highest BCUT2D eigenvalue weighted by molar-refractivity contribution is 5.93. The zero-order chi connectivity index (χ0) is 13.0. The molecule has 18 heavy (non-hydrogen) atoms. The van der Waals surface area contributed by atoms with Crippen molar-refractivity contribution in [2.24, 2.45) is 0 Å². The first-order chi connectivity index (χ1) is 8.76. The summed E-state index contributed by atoms with van der Waals surface area (Å²) in [5.41, 5.74) is 4.20. The number of esters is 1. The smallest absolute Gasteiger partial charge is 0.338 e. The predicted octanol–water partition coefficient (Wildman–Crippen LogP) is 3.78. The average molecular weight is 238 g/mol. The van der Waals surface area contributed by atoms with Crippen LogP contribution in [0.15, 0.2) is 55.1 Å². The van der Waals surface area contributed by atoms with Crippen molar-refractivity contribution in [3.05, 3.63) is 66.2 Å². The van der Waals surface area contributed by atoms with Gasteiger partial charge < -0.3 is 4.74 Å². The molecule has 0 saturated heterocycles. The maximum absolute atomic E-state index is 11.1. The molecule has 0 atom stereocenters. The van der Waals surface area contributed by atoms with Crippen molar-refractivity contribution in [1.29, 1.82) is 0 Å². The summed E-state index contributed by atoms with van der Waals surface area (Å²) in [6, 6.07) is 15.7. The fourth-order valence-corrected chi connectivity index (χ4v) is 1.63. The lowest BCUT2D eigenvalue weighted by molar-refractivity contribution is 0.0600. The fourth-order valence-electron chi connectivity index (χ4n) is 1.63. The zero-order valence-electron chi connectivity index (χ0n) is 10.2. The van der Waals surface area contributed by atoms with Gasteiger partial charge in [0.25, 0.3) is 0 Å². The van der Waals surface area contributed by atoms with Crippen LogP contribution >= 0.6 is 0 Å². The monoisotopic (exact) mass is 238 g/mol. The first kappa shape index (κ1) is 12.1. The summed E-state index contributed by atoms with van der Waals surface area (Å²) in [6.45, 7) is 3.60. The third-order valence-electron chi connectivity index (χ3n) is 2.80. The molecule has 0 heterocycles. The molecule has 3 rings (SSSR count). The Bertz CT molecular complexity index is 547.